The van der Waals surface area contributed by atoms with Crippen molar-refractivity contribution in [2.45, 2.75) is 37.0 Å². The summed E-state index contributed by atoms with van der Waals surface area (Å²) in [6.45, 7) is 3.18. The van der Waals surface area contributed by atoms with E-state index in [1.54, 1.807) is 14.2 Å². The molecule has 0 amide bonds. The van der Waals surface area contributed by atoms with Crippen LogP contribution in [0.1, 0.15) is 24.5 Å². The van der Waals surface area contributed by atoms with E-state index in [-0.39, 0.29) is 22.6 Å². The van der Waals surface area contributed by atoms with Gasteiger partial charge in [-0.2, -0.15) is 0 Å². The van der Waals surface area contributed by atoms with Crippen molar-refractivity contribution < 1.29 is 27.4 Å². The molecule has 0 aliphatic carbocycles. The van der Waals surface area contributed by atoms with Gasteiger partial charge in [-0.3, -0.25) is 0 Å². The number of hydrogen-bond donors (Lipinski definition) is 0. The van der Waals surface area contributed by atoms with Gasteiger partial charge in [0.2, 0.25) is 14.2 Å². The van der Waals surface area contributed by atoms with Crippen LogP contribution >= 0.6 is 11.3 Å². The van der Waals surface area contributed by atoms with Crippen LogP contribution in [0.5, 0.6) is 11.5 Å². The van der Waals surface area contributed by atoms with E-state index in [1.807, 2.05) is 91.9 Å². The minimum absolute atomic E-state index is 0.119. The molecule has 3 aromatic carbocycles. The van der Waals surface area contributed by atoms with E-state index in [1.165, 1.54) is 11.3 Å². The van der Waals surface area contributed by atoms with Crippen LogP contribution in [-0.2, 0) is 32.5 Å². The van der Waals surface area contributed by atoms with Gasteiger partial charge in [-0.25, -0.2) is 13.4 Å². The molecule has 0 bridgehead atoms. The maximum Gasteiger partial charge on any atom is 0.210 e. The lowest BCUT2D eigenvalue weighted by molar-refractivity contribution is 0.0272. The third-order valence-electron chi connectivity index (χ3n) is 6.52. The molecule has 1 aromatic heterocycles. The number of ether oxygens (including phenoxy) is 4. The topological polar surface area (TPSA) is 84.0 Å². The van der Waals surface area contributed by atoms with Crippen LogP contribution < -0.4 is 9.47 Å². The highest BCUT2D eigenvalue weighted by atomic mass is 32.2. The largest absolute Gasteiger partial charge is 0.497 e. The summed E-state index contributed by atoms with van der Waals surface area (Å²) in [6.07, 6.45) is 4.08. The van der Waals surface area contributed by atoms with Crippen molar-refractivity contribution in [3.05, 3.63) is 96.1 Å². The van der Waals surface area contributed by atoms with Gasteiger partial charge in [-0.15, -0.1) is 11.3 Å². The van der Waals surface area contributed by atoms with E-state index in [0.29, 0.717) is 25.2 Å². The Bertz CT molecular complexity index is 1450. The number of sulfone groups is 1. The third kappa shape index (κ3) is 8.14. The predicted octanol–water partition coefficient (Wildman–Crippen LogP) is 6.47. The fourth-order valence-corrected chi connectivity index (χ4v) is 7.05. The molecule has 0 aliphatic heterocycles. The van der Waals surface area contributed by atoms with Gasteiger partial charge < -0.3 is 18.9 Å². The van der Waals surface area contributed by atoms with Crippen LogP contribution in [0.25, 0.3) is 10.2 Å². The fraction of sp³-hybridized carbons (Fsp3) is 0.323. The average molecular weight is 582 g/mol. The van der Waals surface area contributed by atoms with E-state index in [0.717, 1.165) is 27.3 Å². The van der Waals surface area contributed by atoms with Crippen molar-refractivity contribution >= 4 is 31.4 Å². The Balaban J connectivity index is 1.45. The van der Waals surface area contributed by atoms with Gasteiger partial charge in [0.05, 0.1) is 56.1 Å². The molecular formula is C31H35NO6S2. The van der Waals surface area contributed by atoms with Crippen LogP contribution in [0, 0.1) is 5.92 Å². The summed E-state index contributed by atoms with van der Waals surface area (Å²) < 4.78 is 50.5. The van der Waals surface area contributed by atoms with Gasteiger partial charge in [-0.05, 0) is 53.9 Å². The Morgan fingerprint density at radius 3 is 2.10 bits per heavy atom. The van der Waals surface area contributed by atoms with Crippen LogP contribution in [0.4, 0.5) is 0 Å². The smallest absolute Gasteiger partial charge is 0.210 e. The standard InChI is InChI=1S/C31H35NO6S2/c1-4-25(8-7-19-37-20-23-11-15-26(35-2)16-12-23)29(38-21-24-13-17-27(36-3)18-14-24)22-40(33,34)31-32-28-9-5-6-10-30(28)39-31/h5-18,25,29H,4,19-22H2,1-3H3/b8-7+/t25-,29-/m0/s1. The maximum absolute atomic E-state index is 13.5. The predicted molar refractivity (Wildman–Crippen MR) is 159 cm³/mol. The Kier molecular flexibility index (Phi) is 10.7. The average Bonchev–Trinajstić information content (AvgIpc) is 3.43. The lowest BCUT2D eigenvalue weighted by atomic mass is 10.00. The first kappa shape index (κ1) is 29.7. The van der Waals surface area contributed by atoms with Gasteiger partial charge in [-0.1, -0.05) is 55.5 Å². The van der Waals surface area contributed by atoms with E-state index in [4.69, 9.17) is 18.9 Å². The summed E-state index contributed by atoms with van der Waals surface area (Å²) in [7, 11) is -0.426. The molecule has 7 nitrogen and oxygen atoms in total. The molecule has 0 aliphatic rings. The van der Waals surface area contributed by atoms with Crippen molar-refractivity contribution in [1.82, 2.24) is 4.98 Å². The van der Waals surface area contributed by atoms with Crippen LogP contribution in [0.15, 0.2) is 89.3 Å². The van der Waals surface area contributed by atoms with Gasteiger partial charge >= 0.3 is 0 Å². The van der Waals surface area contributed by atoms with Gasteiger partial charge in [0.1, 0.15) is 11.5 Å². The number of thiazole rings is 1. The molecule has 4 rings (SSSR count). The highest BCUT2D eigenvalue weighted by Crippen LogP contribution is 2.28. The second-order valence-electron chi connectivity index (χ2n) is 9.29. The van der Waals surface area contributed by atoms with Crippen LogP contribution in [-0.4, -0.2) is 46.1 Å². The highest BCUT2D eigenvalue weighted by Gasteiger charge is 2.29. The molecule has 212 valence electrons. The number of benzene rings is 3. The quantitative estimate of drug-likeness (QED) is 0.117. The number of para-hydroxylation sites is 1. The molecule has 0 saturated heterocycles. The first-order chi connectivity index (χ1) is 19.4. The molecule has 9 heteroatoms. The molecule has 0 unspecified atom stereocenters. The van der Waals surface area contributed by atoms with E-state index >= 15 is 0 Å². The summed E-state index contributed by atoms with van der Waals surface area (Å²) in [6, 6.07) is 22.7. The molecule has 0 saturated carbocycles. The maximum atomic E-state index is 13.5. The fourth-order valence-electron chi connectivity index (χ4n) is 4.21. The van der Waals surface area contributed by atoms with Crippen LogP contribution in [0.2, 0.25) is 0 Å². The van der Waals surface area contributed by atoms with Gasteiger partial charge in [0, 0.05) is 5.92 Å². The lowest BCUT2D eigenvalue weighted by Gasteiger charge is -2.24. The van der Waals surface area contributed by atoms with E-state index < -0.39 is 15.9 Å². The minimum atomic E-state index is -3.68. The lowest BCUT2D eigenvalue weighted by Crippen LogP contribution is -2.31. The SMILES string of the molecule is CC[C@@H](/C=C/COCc1ccc(OC)cc1)[C@H](CS(=O)(=O)c1nc2ccccc2s1)OCc1ccc(OC)cc1. The van der Waals surface area contributed by atoms with E-state index in [2.05, 4.69) is 4.98 Å². The van der Waals surface area contributed by atoms with Crippen molar-refractivity contribution in [3.63, 3.8) is 0 Å². The Hall–Kier alpha value is -3.24. The summed E-state index contributed by atoms with van der Waals surface area (Å²) >= 11 is 1.19. The molecule has 0 N–H and O–H groups in total. The van der Waals surface area contributed by atoms with Gasteiger partial charge in [0.25, 0.3) is 0 Å². The molecule has 40 heavy (non-hydrogen) atoms. The molecule has 0 spiro atoms. The number of nitrogens with zero attached hydrogens (tertiary/aromatic N) is 1. The zero-order chi connectivity index (χ0) is 28.4. The van der Waals surface area contributed by atoms with Gasteiger partial charge in [0.15, 0.2) is 0 Å². The Labute approximate surface area is 240 Å². The second-order valence-corrected chi connectivity index (χ2v) is 12.5. The van der Waals surface area contributed by atoms with Crippen molar-refractivity contribution in [2.75, 3.05) is 26.6 Å². The minimum Gasteiger partial charge on any atom is -0.497 e. The second kappa shape index (κ2) is 14.4. The molecule has 2 atom stereocenters. The summed E-state index contributed by atoms with van der Waals surface area (Å²) in [4.78, 5) is 4.40. The van der Waals surface area contributed by atoms with E-state index in [9.17, 15) is 8.42 Å². The zero-order valence-corrected chi connectivity index (χ0v) is 24.6. The first-order valence-electron chi connectivity index (χ1n) is 13.1. The normalized spacial score (nSPS) is 13.5. The monoisotopic (exact) mass is 581 g/mol. The molecule has 0 radical (unpaired) electrons. The summed E-state index contributed by atoms with van der Waals surface area (Å²) in [5.41, 5.74) is 2.66. The number of hydrogen-bond acceptors (Lipinski definition) is 8. The number of rotatable bonds is 15. The van der Waals surface area contributed by atoms with Crippen molar-refractivity contribution in [1.29, 1.82) is 0 Å². The first-order valence-corrected chi connectivity index (χ1v) is 15.6. The number of aromatic nitrogens is 1. The number of fused-ring (bicyclic) bond motifs is 1. The summed E-state index contributed by atoms with van der Waals surface area (Å²) in [5, 5.41) is 0. The number of methoxy groups -OCH3 is 2. The highest BCUT2D eigenvalue weighted by molar-refractivity contribution is 7.93. The molecule has 0 fully saturated rings. The van der Waals surface area contributed by atoms with Crippen LogP contribution in [0.3, 0.4) is 0 Å². The Morgan fingerprint density at radius 2 is 1.50 bits per heavy atom. The zero-order valence-electron chi connectivity index (χ0n) is 23.0. The van der Waals surface area contributed by atoms with Crippen molar-refractivity contribution in [3.8, 4) is 11.5 Å². The third-order valence-corrected chi connectivity index (χ3v) is 9.75. The molecule has 4 aromatic rings. The van der Waals surface area contributed by atoms with Crippen molar-refractivity contribution in [2.24, 2.45) is 5.92 Å². The molecule has 1 heterocycles. The Morgan fingerprint density at radius 1 is 0.875 bits per heavy atom. The molecular weight excluding hydrogens is 546 g/mol. The summed E-state index contributed by atoms with van der Waals surface area (Å²) in [5.74, 6) is 1.25.